The molecule has 0 N–H and O–H groups in total. The molecule has 0 aromatic heterocycles. The van der Waals surface area contributed by atoms with E-state index in [9.17, 15) is 0 Å². The Balaban J connectivity index is 0.00000133. The Labute approximate surface area is 108 Å². The van der Waals surface area contributed by atoms with E-state index < -0.39 is 0 Å². The quantitative estimate of drug-likeness (QED) is 0.587. The van der Waals surface area contributed by atoms with Gasteiger partial charge >= 0.3 is 0 Å². The molecule has 0 unspecified atom stereocenters. The summed E-state index contributed by atoms with van der Waals surface area (Å²) in [5.41, 5.74) is 3.95. The van der Waals surface area contributed by atoms with Gasteiger partial charge in [0.15, 0.2) is 0 Å². The molecule has 0 saturated carbocycles. The summed E-state index contributed by atoms with van der Waals surface area (Å²) in [7, 11) is 0. The Morgan fingerprint density at radius 1 is 1.00 bits per heavy atom. The first-order valence-corrected chi connectivity index (χ1v) is 6.62. The van der Waals surface area contributed by atoms with Crippen LogP contribution >= 0.6 is 0 Å². The smallest absolute Gasteiger partial charge is 0.110 e. The van der Waals surface area contributed by atoms with Gasteiger partial charge in [0.2, 0.25) is 0 Å². The van der Waals surface area contributed by atoms with Crippen LogP contribution < -0.4 is 4.74 Å². The second-order valence-electron chi connectivity index (χ2n) is 4.78. The van der Waals surface area contributed by atoms with Crippen molar-refractivity contribution in [2.45, 2.75) is 32.3 Å². The standard InChI is InChI=1S/C17H17O.Md/c1-2-7-14(8-3-1)13-18-17-12-6-10-15-9-4-5-11-16(15)17;/h1-3,6-8,12H,4-5,9,11,13H2;/q-1;. The van der Waals surface area contributed by atoms with Crippen molar-refractivity contribution >= 4 is 0 Å². The van der Waals surface area contributed by atoms with Gasteiger partial charge in [-0.1, -0.05) is 56.0 Å². The predicted molar refractivity (Wildman–Crippen MR) is 72.7 cm³/mol. The van der Waals surface area contributed by atoms with E-state index >= 15 is 0 Å². The molecule has 0 spiro atoms. The summed E-state index contributed by atoms with van der Waals surface area (Å²) >= 11 is 0. The maximum absolute atomic E-state index is 5.97. The molecule has 1 radical (unpaired) electrons. The van der Waals surface area contributed by atoms with Gasteiger partial charge in [-0.2, -0.15) is 17.7 Å². The van der Waals surface area contributed by atoms with Crippen LogP contribution in [0.2, 0.25) is 0 Å². The summed E-state index contributed by atoms with van der Waals surface area (Å²) in [5, 5.41) is 0. The van der Waals surface area contributed by atoms with Crippen LogP contribution in [0.3, 0.4) is 0 Å². The Kier molecular flexibility index (Phi) is 3.82. The first kappa shape index (κ1) is 12.7. The van der Waals surface area contributed by atoms with Crippen LogP contribution in [0.25, 0.3) is 0 Å². The van der Waals surface area contributed by atoms with Crippen molar-refractivity contribution < 1.29 is 4.74 Å². The van der Waals surface area contributed by atoms with Crippen LogP contribution in [-0.4, -0.2) is 0 Å². The van der Waals surface area contributed by atoms with Gasteiger partial charge in [0.05, 0.1) is 0 Å². The van der Waals surface area contributed by atoms with Crippen LogP contribution in [-0.2, 0) is 19.4 Å². The molecule has 0 bridgehead atoms. The van der Waals surface area contributed by atoms with E-state index in [1.54, 1.807) is 0 Å². The minimum Gasteiger partial charge on any atom is -0.514 e. The summed E-state index contributed by atoms with van der Waals surface area (Å²) in [6.45, 7) is 0.650. The molecule has 19 heavy (non-hydrogen) atoms. The molecule has 105 valence electrons. The minimum atomic E-state index is 0. The SMILES string of the molecule is [Md].[c-]1ccc(OCc2ccccc2)c2c1CCCC2. The molecule has 0 atom stereocenters. The van der Waals surface area contributed by atoms with E-state index in [0.29, 0.717) is 6.61 Å². The zero-order valence-electron chi connectivity index (χ0n) is 10.8. The van der Waals surface area contributed by atoms with E-state index in [1.165, 1.54) is 29.5 Å². The van der Waals surface area contributed by atoms with Crippen LogP contribution in [0.15, 0.2) is 42.5 Å². The fraction of sp³-hybridized carbons (Fsp3) is 0.294. The molecule has 3 rings (SSSR count). The van der Waals surface area contributed by atoms with Gasteiger partial charge in [0.1, 0.15) is 6.61 Å². The van der Waals surface area contributed by atoms with Gasteiger partial charge in [-0.15, -0.1) is 11.6 Å². The number of aryl methyl sites for hydroxylation is 1. The number of hydrogen-bond donors (Lipinski definition) is 0. The third-order valence-corrected chi connectivity index (χ3v) is 3.49. The summed E-state index contributed by atoms with van der Waals surface area (Å²) in [6, 6.07) is 17.7. The van der Waals surface area contributed by atoms with Gasteiger partial charge in [0, 0.05) is 5.75 Å². The maximum atomic E-state index is 5.97. The van der Waals surface area contributed by atoms with Crippen LogP contribution in [0.1, 0.15) is 29.5 Å². The zero-order chi connectivity index (χ0) is 12.2. The second kappa shape index (κ2) is 5.72. The van der Waals surface area contributed by atoms with Gasteiger partial charge in [0.25, 0.3) is 0 Å². The monoisotopic (exact) mass is 495 g/mol. The van der Waals surface area contributed by atoms with E-state index in [1.807, 2.05) is 30.3 Å². The average molecular weight is 495 g/mol. The summed E-state index contributed by atoms with van der Waals surface area (Å²) in [5.74, 6) is 1.05. The van der Waals surface area contributed by atoms with Crippen molar-refractivity contribution in [1.82, 2.24) is 0 Å². The van der Waals surface area contributed by atoms with E-state index in [0.717, 1.165) is 18.6 Å². The van der Waals surface area contributed by atoms with Crippen molar-refractivity contribution in [1.29, 1.82) is 0 Å². The van der Waals surface area contributed by atoms with Gasteiger partial charge in [-0.05, 0) is 5.56 Å². The largest absolute Gasteiger partial charge is 0.514 e. The molecule has 2 aromatic rings. The topological polar surface area (TPSA) is 9.23 Å². The molecule has 0 aliphatic heterocycles. The fourth-order valence-electron chi connectivity index (χ4n) is 2.53. The number of benzene rings is 2. The molecular weight excluding hydrogens is 478 g/mol. The van der Waals surface area contributed by atoms with E-state index in [2.05, 4.69) is 18.2 Å². The van der Waals surface area contributed by atoms with E-state index in [4.69, 9.17) is 4.74 Å². The van der Waals surface area contributed by atoms with Gasteiger partial charge in [-0.3, -0.25) is 0 Å². The molecule has 1 aliphatic rings. The Morgan fingerprint density at radius 3 is 2.63 bits per heavy atom. The van der Waals surface area contributed by atoms with Crippen molar-refractivity contribution in [2.24, 2.45) is 0 Å². The maximum Gasteiger partial charge on any atom is 0.110 e. The van der Waals surface area contributed by atoms with Crippen molar-refractivity contribution in [2.75, 3.05) is 0 Å². The summed E-state index contributed by atoms with van der Waals surface area (Å²) in [4.78, 5) is 0. The van der Waals surface area contributed by atoms with Crippen molar-refractivity contribution in [3.63, 3.8) is 0 Å². The van der Waals surface area contributed by atoms with Gasteiger partial charge in [-0.25, -0.2) is 0 Å². The minimum absolute atomic E-state index is 0. The second-order valence-corrected chi connectivity index (χ2v) is 4.78. The summed E-state index contributed by atoms with van der Waals surface area (Å²) in [6.07, 6.45) is 4.84. The van der Waals surface area contributed by atoms with Crippen LogP contribution in [0.5, 0.6) is 5.75 Å². The molecule has 0 heterocycles. The molecule has 2 aromatic carbocycles. The third kappa shape index (κ3) is 2.74. The molecule has 0 fully saturated rings. The number of ether oxygens (including phenoxy) is 1. The Hall–Kier alpha value is -2.76. The van der Waals surface area contributed by atoms with Crippen LogP contribution in [0.4, 0.5) is 0 Å². The fourth-order valence-corrected chi connectivity index (χ4v) is 2.53. The molecule has 0 saturated heterocycles. The predicted octanol–water partition coefficient (Wildman–Crippen LogP) is 3.94. The Bertz CT molecular complexity index is 522. The molecule has 2 heteroatoms. The normalized spacial score (nSPS) is 13.3. The molecule has 1 nitrogen and oxygen atoms in total. The molecule has 1 aliphatic carbocycles. The first-order valence-electron chi connectivity index (χ1n) is 6.62. The molecular formula is C17H17MdO-. The molecule has 0 amide bonds. The average Bonchev–Trinajstić information content (AvgIpc) is 2.46. The zero-order valence-corrected chi connectivity index (χ0v) is 13.1. The van der Waals surface area contributed by atoms with Crippen LogP contribution in [0, 0.1) is 6.07 Å². The summed E-state index contributed by atoms with van der Waals surface area (Å²) < 4.78 is 5.97. The van der Waals surface area contributed by atoms with Crippen molar-refractivity contribution in [3.05, 3.63) is 65.2 Å². The van der Waals surface area contributed by atoms with Gasteiger partial charge < -0.3 is 4.74 Å². The third-order valence-electron chi connectivity index (χ3n) is 3.49. The number of fused-ring (bicyclic) bond motifs is 1. The number of hydrogen-bond acceptors (Lipinski definition) is 1. The van der Waals surface area contributed by atoms with Crippen molar-refractivity contribution in [3.8, 4) is 5.75 Å². The van der Waals surface area contributed by atoms with E-state index in [-0.39, 0.29) is 0 Å². The first-order chi connectivity index (χ1) is 8.93. The number of rotatable bonds is 3. The Morgan fingerprint density at radius 2 is 1.79 bits per heavy atom.